The van der Waals surface area contributed by atoms with Crippen molar-refractivity contribution in [2.45, 2.75) is 26.4 Å². The summed E-state index contributed by atoms with van der Waals surface area (Å²) in [6.07, 6.45) is 1.63. The van der Waals surface area contributed by atoms with E-state index in [-0.39, 0.29) is 0 Å². The van der Waals surface area contributed by atoms with Gasteiger partial charge in [-0.2, -0.15) is 0 Å². The van der Waals surface area contributed by atoms with Gasteiger partial charge in [0.05, 0.1) is 5.52 Å². The predicted octanol–water partition coefficient (Wildman–Crippen LogP) is 3.89. The summed E-state index contributed by atoms with van der Waals surface area (Å²) in [5.74, 6) is 0. The molecule has 100 valence electrons. The van der Waals surface area contributed by atoms with Crippen LogP contribution in [-0.4, -0.2) is 22.5 Å². The SMILES string of the molecule is CC(C)(C)OC(=O)n1cc(C=O)c2cc(Cl)ccc21. The van der Waals surface area contributed by atoms with Crippen molar-refractivity contribution in [1.82, 2.24) is 4.57 Å². The first-order valence-corrected chi connectivity index (χ1v) is 6.19. The largest absolute Gasteiger partial charge is 0.443 e. The first kappa shape index (κ1) is 13.6. The van der Waals surface area contributed by atoms with E-state index in [1.807, 2.05) is 0 Å². The summed E-state index contributed by atoms with van der Waals surface area (Å²) in [7, 11) is 0. The summed E-state index contributed by atoms with van der Waals surface area (Å²) >= 11 is 5.90. The fourth-order valence-electron chi connectivity index (χ4n) is 1.78. The Bertz CT molecular complexity index is 652. The number of rotatable bonds is 1. The van der Waals surface area contributed by atoms with Crippen molar-refractivity contribution >= 4 is 34.9 Å². The lowest BCUT2D eigenvalue weighted by molar-refractivity contribution is 0.0544. The van der Waals surface area contributed by atoms with E-state index in [1.54, 1.807) is 39.0 Å². The third-order valence-corrected chi connectivity index (χ3v) is 2.75. The van der Waals surface area contributed by atoms with Crippen molar-refractivity contribution in [2.24, 2.45) is 0 Å². The summed E-state index contributed by atoms with van der Waals surface area (Å²) < 4.78 is 6.62. The molecule has 0 aliphatic rings. The molecule has 4 nitrogen and oxygen atoms in total. The predicted molar refractivity (Wildman–Crippen MR) is 74.0 cm³/mol. The smallest absolute Gasteiger partial charge is 0.419 e. The van der Waals surface area contributed by atoms with Gasteiger partial charge >= 0.3 is 6.09 Å². The summed E-state index contributed by atoms with van der Waals surface area (Å²) in [6, 6.07) is 5.01. The molecule has 0 fully saturated rings. The Morgan fingerprint density at radius 3 is 2.63 bits per heavy atom. The highest BCUT2D eigenvalue weighted by Crippen LogP contribution is 2.25. The van der Waals surface area contributed by atoms with Crippen LogP contribution < -0.4 is 0 Å². The molecular formula is C14H14ClNO3. The van der Waals surface area contributed by atoms with E-state index in [2.05, 4.69) is 0 Å². The van der Waals surface area contributed by atoms with Gasteiger partial charge in [0.1, 0.15) is 5.60 Å². The van der Waals surface area contributed by atoms with Gasteiger partial charge in [-0.1, -0.05) is 11.6 Å². The van der Waals surface area contributed by atoms with Crippen LogP contribution in [-0.2, 0) is 4.74 Å². The summed E-state index contributed by atoms with van der Waals surface area (Å²) in [6.45, 7) is 5.36. The van der Waals surface area contributed by atoms with Gasteiger partial charge in [0.25, 0.3) is 0 Å². The topological polar surface area (TPSA) is 48.3 Å². The number of hydrogen-bond donors (Lipinski definition) is 0. The number of carbonyl (C=O) groups excluding carboxylic acids is 2. The third kappa shape index (κ3) is 2.79. The lowest BCUT2D eigenvalue weighted by Gasteiger charge is -2.19. The number of aromatic nitrogens is 1. The first-order chi connectivity index (χ1) is 8.81. The second-order valence-electron chi connectivity index (χ2n) is 5.21. The van der Waals surface area contributed by atoms with Crippen LogP contribution in [0.15, 0.2) is 24.4 Å². The number of benzene rings is 1. The van der Waals surface area contributed by atoms with Crippen LogP contribution in [0, 0.1) is 0 Å². The van der Waals surface area contributed by atoms with Crippen LogP contribution in [0.25, 0.3) is 10.9 Å². The lowest BCUT2D eigenvalue weighted by atomic mass is 10.2. The second kappa shape index (κ2) is 4.70. The Kier molecular flexibility index (Phi) is 3.37. The number of hydrogen-bond acceptors (Lipinski definition) is 3. The molecule has 0 unspecified atom stereocenters. The van der Waals surface area contributed by atoms with E-state index in [0.717, 1.165) is 0 Å². The van der Waals surface area contributed by atoms with Crippen molar-refractivity contribution < 1.29 is 14.3 Å². The molecule has 2 rings (SSSR count). The van der Waals surface area contributed by atoms with Crippen molar-refractivity contribution in [3.05, 3.63) is 35.0 Å². The number of carbonyl (C=O) groups is 2. The van der Waals surface area contributed by atoms with Crippen molar-refractivity contribution in [3.63, 3.8) is 0 Å². The van der Waals surface area contributed by atoms with Gasteiger partial charge in [0.15, 0.2) is 6.29 Å². The van der Waals surface area contributed by atoms with E-state index in [0.29, 0.717) is 27.8 Å². The van der Waals surface area contributed by atoms with Crippen LogP contribution >= 0.6 is 11.6 Å². The van der Waals surface area contributed by atoms with Crippen LogP contribution in [0.2, 0.25) is 5.02 Å². The summed E-state index contributed by atoms with van der Waals surface area (Å²) in [5, 5.41) is 1.14. The van der Waals surface area contributed by atoms with Crippen molar-refractivity contribution in [3.8, 4) is 0 Å². The lowest BCUT2D eigenvalue weighted by Crippen LogP contribution is -2.26. The molecule has 0 N–H and O–H groups in total. The molecule has 0 aliphatic carbocycles. The second-order valence-corrected chi connectivity index (χ2v) is 5.65. The number of aldehydes is 1. The van der Waals surface area contributed by atoms with Crippen molar-refractivity contribution in [2.75, 3.05) is 0 Å². The normalized spacial score (nSPS) is 11.6. The number of ether oxygens (including phenoxy) is 1. The maximum Gasteiger partial charge on any atom is 0.419 e. The fourth-order valence-corrected chi connectivity index (χ4v) is 1.96. The molecule has 0 saturated heterocycles. The number of halogens is 1. The van der Waals surface area contributed by atoms with E-state index in [1.165, 1.54) is 10.8 Å². The average Bonchev–Trinajstić information content (AvgIpc) is 2.64. The maximum atomic E-state index is 12.1. The van der Waals surface area contributed by atoms with Crippen LogP contribution in [0.3, 0.4) is 0 Å². The molecule has 0 amide bonds. The van der Waals surface area contributed by atoms with Gasteiger partial charge in [-0.3, -0.25) is 9.36 Å². The maximum absolute atomic E-state index is 12.1. The van der Waals surface area contributed by atoms with E-state index < -0.39 is 11.7 Å². The molecular weight excluding hydrogens is 266 g/mol. The van der Waals surface area contributed by atoms with Gasteiger partial charge in [-0.15, -0.1) is 0 Å². The fraction of sp³-hybridized carbons (Fsp3) is 0.286. The molecule has 0 spiro atoms. The zero-order valence-corrected chi connectivity index (χ0v) is 11.7. The molecule has 0 radical (unpaired) electrons. The Hall–Kier alpha value is -1.81. The molecule has 1 aromatic carbocycles. The molecule has 0 atom stereocenters. The van der Waals surface area contributed by atoms with Gasteiger partial charge in [-0.05, 0) is 39.0 Å². The Balaban J connectivity index is 2.55. The Morgan fingerprint density at radius 2 is 2.05 bits per heavy atom. The van der Waals surface area contributed by atoms with E-state index >= 15 is 0 Å². The zero-order chi connectivity index (χ0) is 14.2. The highest BCUT2D eigenvalue weighted by Gasteiger charge is 2.20. The average molecular weight is 280 g/mol. The van der Waals surface area contributed by atoms with Crippen LogP contribution in [0.5, 0.6) is 0 Å². The molecule has 0 saturated carbocycles. The molecule has 0 bridgehead atoms. The van der Waals surface area contributed by atoms with E-state index in [4.69, 9.17) is 16.3 Å². The standard InChI is InChI=1S/C14H14ClNO3/c1-14(2,3)19-13(18)16-7-9(8-17)11-6-10(15)4-5-12(11)16/h4-8H,1-3H3. The van der Waals surface area contributed by atoms with Gasteiger partial charge in [-0.25, -0.2) is 4.79 Å². The molecule has 1 aromatic heterocycles. The Labute approximate surface area is 115 Å². The number of fused-ring (bicyclic) bond motifs is 1. The van der Waals surface area contributed by atoms with E-state index in [9.17, 15) is 9.59 Å². The number of nitrogens with zero attached hydrogens (tertiary/aromatic N) is 1. The minimum absolute atomic E-state index is 0.406. The highest BCUT2D eigenvalue weighted by atomic mass is 35.5. The van der Waals surface area contributed by atoms with Gasteiger partial charge in [0.2, 0.25) is 0 Å². The highest BCUT2D eigenvalue weighted by molar-refractivity contribution is 6.31. The van der Waals surface area contributed by atoms with Crippen LogP contribution in [0.4, 0.5) is 4.79 Å². The Morgan fingerprint density at radius 1 is 1.37 bits per heavy atom. The summed E-state index contributed by atoms with van der Waals surface area (Å²) in [4.78, 5) is 23.1. The molecule has 19 heavy (non-hydrogen) atoms. The third-order valence-electron chi connectivity index (χ3n) is 2.51. The van der Waals surface area contributed by atoms with Crippen LogP contribution in [0.1, 0.15) is 31.1 Å². The minimum Gasteiger partial charge on any atom is -0.443 e. The molecule has 5 heteroatoms. The zero-order valence-electron chi connectivity index (χ0n) is 10.9. The summed E-state index contributed by atoms with van der Waals surface area (Å²) in [5.41, 5.74) is 0.408. The molecule has 0 aliphatic heterocycles. The monoisotopic (exact) mass is 279 g/mol. The minimum atomic E-state index is -0.596. The molecule has 1 heterocycles. The molecule has 2 aromatic rings. The van der Waals surface area contributed by atoms with Gasteiger partial charge in [0, 0.05) is 22.2 Å². The first-order valence-electron chi connectivity index (χ1n) is 5.81. The van der Waals surface area contributed by atoms with Gasteiger partial charge < -0.3 is 4.74 Å². The van der Waals surface area contributed by atoms with Crippen molar-refractivity contribution in [1.29, 1.82) is 0 Å². The quantitative estimate of drug-likeness (QED) is 0.744.